The maximum absolute atomic E-state index is 13.4. The van der Waals surface area contributed by atoms with Crippen molar-refractivity contribution in [2.45, 2.75) is 38.3 Å². The molecule has 3 atom stereocenters. The van der Waals surface area contributed by atoms with E-state index in [1.165, 1.54) is 26.7 Å². The van der Waals surface area contributed by atoms with E-state index in [0.29, 0.717) is 12.5 Å². The Kier molecular flexibility index (Phi) is 5.92. The largest absolute Gasteiger partial charge is 0.336 e. The van der Waals surface area contributed by atoms with Crippen LogP contribution in [0, 0.1) is 5.82 Å². The van der Waals surface area contributed by atoms with Crippen LogP contribution in [0.15, 0.2) is 48.5 Å². The fraction of sp³-hybridized carbons (Fsp3) is 0.391. The molecule has 0 spiro atoms. The number of likely N-dealkylation sites (N-methyl/N-ethyl adjacent to an activating group) is 1. The molecule has 1 amide bonds. The topological polar surface area (TPSA) is 37.6 Å². The number of piperidine rings is 1. The first-order chi connectivity index (χ1) is 14.0. The summed E-state index contributed by atoms with van der Waals surface area (Å²) in [5.41, 5.74) is 1.88. The zero-order chi connectivity index (χ0) is 20.4. The number of thiazole rings is 1. The summed E-state index contributed by atoms with van der Waals surface area (Å²) in [5, 5.41) is 1.19. The molecule has 1 saturated heterocycles. The Morgan fingerprint density at radius 3 is 2.93 bits per heavy atom. The van der Waals surface area contributed by atoms with Gasteiger partial charge in [0.2, 0.25) is 0 Å². The van der Waals surface area contributed by atoms with Crippen LogP contribution in [0.1, 0.15) is 36.3 Å². The normalized spacial score (nSPS) is 20.5. The summed E-state index contributed by atoms with van der Waals surface area (Å²) >= 11 is 1.78. The molecule has 29 heavy (non-hydrogen) atoms. The molecule has 1 fully saturated rings. The number of para-hydroxylation sites is 1. The molecule has 2 aromatic carbocycles. The van der Waals surface area contributed by atoms with E-state index in [1.807, 2.05) is 19.1 Å². The van der Waals surface area contributed by atoms with Crippen molar-refractivity contribution in [2.75, 3.05) is 20.1 Å². The monoisotopic (exact) mass is 412 g/mol. The van der Waals surface area contributed by atoms with Crippen molar-refractivity contribution in [3.8, 4) is 0 Å². The Balaban J connectivity index is 1.42. The van der Waals surface area contributed by atoms with Crippen molar-refractivity contribution in [3.05, 3.63) is 64.9 Å². The third-order valence-electron chi connectivity index (χ3n) is 5.89. The summed E-state index contributed by atoms with van der Waals surface area (Å²) in [4.78, 5) is 20.9. The number of rotatable bonds is 5. The Hall–Kier alpha value is -2.31. The molecule has 6 heteroatoms. The summed E-state index contributed by atoms with van der Waals surface area (Å²) in [6.45, 7) is 4.37. The zero-order valence-corrected chi connectivity index (χ0v) is 17.7. The molecule has 1 aliphatic rings. The number of amides is 1. The number of hydrogen-bond donors (Lipinski definition) is 1. The number of carbonyl (C=O) groups is 1. The van der Waals surface area contributed by atoms with E-state index in [-0.39, 0.29) is 17.8 Å². The number of hydrogen-bond acceptors (Lipinski definition) is 3. The van der Waals surface area contributed by atoms with Gasteiger partial charge in [-0.15, -0.1) is 11.3 Å². The minimum Gasteiger partial charge on any atom is -0.336 e. The summed E-state index contributed by atoms with van der Waals surface area (Å²) in [6.07, 6.45) is 2.23. The number of nitrogens with zero attached hydrogens (tertiary/aromatic N) is 2. The van der Waals surface area contributed by atoms with Crippen LogP contribution < -0.4 is 4.90 Å². The maximum Gasteiger partial charge on any atom is 0.280 e. The number of carbonyl (C=O) groups excluding carboxylic acids is 1. The van der Waals surface area contributed by atoms with E-state index in [4.69, 9.17) is 4.98 Å². The van der Waals surface area contributed by atoms with Gasteiger partial charge in [-0.25, -0.2) is 9.37 Å². The van der Waals surface area contributed by atoms with Crippen LogP contribution in [0.2, 0.25) is 0 Å². The molecule has 3 aromatic rings. The predicted molar refractivity (Wildman–Crippen MR) is 115 cm³/mol. The molecule has 0 bridgehead atoms. The minimum absolute atomic E-state index is 0.106. The highest BCUT2D eigenvalue weighted by Gasteiger charge is 2.34. The lowest BCUT2D eigenvalue weighted by atomic mass is 9.97. The van der Waals surface area contributed by atoms with Crippen LogP contribution >= 0.6 is 11.3 Å². The van der Waals surface area contributed by atoms with Crippen molar-refractivity contribution in [1.29, 1.82) is 0 Å². The molecule has 1 unspecified atom stereocenters. The third-order valence-corrected chi connectivity index (χ3v) is 7.09. The van der Waals surface area contributed by atoms with Crippen molar-refractivity contribution in [1.82, 2.24) is 9.88 Å². The van der Waals surface area contributed by atoms with Crippen LogP contribution in [0.3, 0.4) is 0 Å². The summed E-state index contributed by atoms with van der Waals surface area (Å²) in [6, 6.07) is 14.6. The fourth-order valence-electron chi connectivity index (χ4n) is 4.26. The first-order valence-electron chi connectivity index (χ1n) is 10.2. The minimum atomic E-state index is -0.267. The molecule has 1 aliphatic heterocycles. The van der Waals surface area contributed by atoms with Gasteiger partial charge >= 0.3 is 0 Å². The molecular formula is C23H27FN3OS+. The first-order valence-corrected chi connectivity index (χ1v) is 11.0. The van der Waals surface area contributed by atoms with E-state index in [0.717, 1.165) is 37.0 Å². The van der Waals surface area contributed by atoms with Crippen molar-refractivity contribution >= 4 is 27.5 Å². The average Bonchev–Trinajstić information content (AvgIpc) is 3.17. The lowest BCUT2D eigenvalue weighted by molar-refractivity contribution is -0.920. The van der Waals surface area contributed by atoms with Gasteiger partial charge in [0.05, 0.1) is 29.2 Å². The Morgan fingerprint density at radius 2 is 2.14 bits per heavy atom. The van der Waals surface area contributed by atoms with Crippen LogP contribution in [0.4, 0.5) is 4.39 Å². The van der Waals surface area contributed by atoms with E-state index in [1.54, 1.807) is 29.4 Å². The second-order valence-electron chi connectivity index (χ2n) is 8.02. The SMILES string of the molecule is C[C@@H](C(=O)N(C)Cc1cccc(F)c1)[NH+]1CCC[C@H](c2nc3ccccc3s2)C1. The number of quaternary nitrogens is 1. The number of benzene rings is 2. The Morgan fingerprint density at radius 1 is 1.31 bits per heavy atom. The van der Waals surface area contributed by atoms with E-state index >= 15 is 0 Å². The number of likely N-dealkylation sites (tertiary alicyclic amines) is 1. The van der Waals surface area contributed by atoms with Crippen LogP contribution in [-0.4, -0.2) is 42.0 Å². The number of halogens is 1. The van der Waals surface area contributed by atoms with E-state index < -0.39 is 0 Å². The highest BCUT2D eigenvalue weighted by atomic mass is 32.1. The highest BCUT2D eigenvalue weighted by molar-refractivity contribution is 7.18. The van der Waals surface area contributed by atoms with Crippen LogP contribution in [0.5, 0.6) is 0 Å². The lowest BCUT2D eigenvalue weighted by Gasteiger charge is -2.34. The molecule has 0 aliphatic carbocycles. The maximum atomic E-state index is 13.4. The predicted octanol–water partition coefficient (Wildman–Crippen LogP) is 3.24. The van der Waals surface area contributed by atoms with Crippen molar-refractivity contribution in [2.24, 2.45) is 0 Å². The number of nitrogens with one attached hydrogen (secondary N) is 1. The van der Waals surface area contributed by atoms with E-state index in [2.05, 4.69) is 18.2 Å². The van der Waals surface area contributed by atoms with Gasteiger partial charge in [-0.3, -0.25) is 4.79 Å². The lowest BCUT2D eigenvalue weighted by Crippen LogP contribution is -3.17. The fourth-order valence-corrected chi connectivity index (χ4v) is 5.36. The molecule has 1 aromatic heterocycles. The molecule has 4 rings (SSSR count). The zero-order valence-electron chi connectivity index (χ0n) is 16.9. The molecule has 4 nitrogen and oxygen atoms in total. The summed E-state index contributed by atoms with van der Waals surface area (Å²) in [5.74, 6) is 0.242. The molecular weight excluding hydrogens is 385 g/mol. The Bertz CT molecular complexity index is 971. The molecule has 152 valence electrons. The second-order valence-corrected chi connectivity index (χ2v) is 9.08. The summed E-state index contributed by atoms with van der Waals surface area (Å²) in [7, 11) is 1.80. The third kappa shape index (κ3) is 4.49. The van der Waals surface area contributed by atoms with Gasteiger partial charge in [0.25, 0.3) is 5.91 Å². The van der Waals surface area contributed by atoms with Gasteiger partial charge < -0.3 is 9.80 Å². The molecule has 1 N–H and O–H groups in total. The van der Waals surface area contributed by atoms with Gasteiger partial charge in [0.1, 0.15) is 10.8 Å². The standard InChI is InChI=1S/C23H26FN3OS/c1-16(23(28)26(2)14-17-7-5-9-19(24)13-17)27-12-6-8-18(15-27)22-25-20-10-3-4-11-21(20)29-22/h3-5,7,9-11,13,16,18H,6,8,12,14-15H2,1-2H3/p+1/t16-,18-/m0/s1. The van der Waals surface area contributed by atoms with Crippen molar-refractivity contribution in [3.63, 3.8) is 0 Å². The first kappa shape index (κ1) is 20.0. The molecule has 0 radical (unpaired) electrons. The smallest absolute Gasteiger partial charge is 0.280 e. The van der Waals surface area contributed by atoms with Gasteiger partial charge in [-0.05, 0) is 49.6 Å². The van der Waals surface area contributed by atoms with Crippen LogP contribution in [0.25, 0.3) is 10.2 Å². The molecule has 2 heterocycles. The molecule has 0 saturated carbocycles. The second kappa shape index (κ2) is 8.59. The number of fused-ring (bicyclic) bond motifs is 1. The van der Waals surface area contributed by atoms with Gasteiger partial charge in [-0.2, -0.15) is 0 Å². The van der Waals surface area contributed by atoms with E-state index in [9.17, 15) is 9.18 Å². The Labute approximate surface area is 175 Å². The van der Waals surface area contributed by atoms with Gasteiger partial charge in [-0.1, -0.05) is 24.3 Å². The number of aromatic nitrogens is 1. The highest BCUT2D eigenvalue weighted by Crippen LogP contribution is 2.30. The van der Waals surface area contributed by atoms with Crippen LogP contribution in [-0.2, 0) is 11.3 Å². The quantitative estimate of drug-likeness (QED) is 0.699. The summed E-state index contributed by atoms with van der Waals surface area (Å²) < 4.78 is 14.7. The van der Waals surface area contributed by atoms with Crippen molar-refractivity contribution < 1.29 is 14.1 Å². The van der Waals surface area contributed by atoms with Gasteiger partial charge in [0, 0.05) is 13.6 Å². The van der Waals surface area contributed by atoms with Gasteiger partial charge in [0.15, 0.2) is 6.04 Å². The average molecular weight is 413 g/mol.